The summed E-state index contributed by atoms with van der Waals surface area (Å²) in [7, 11) is 0. The predicted molar refractivity (Wildman–Crippen MR) is 74.6 cm³/mol. The zero-order valence-electron chi connectivity index (χ0n) is 10.1. The van der Waals surface area contributed by atoms with E-state index >= 15 is 0 Å². The summed E-state index contributed by atoms with van der Waals surface area (Å²) in [5.74, 6) is 0. The van der Waals surface area contributed by atoms with Crippen molar-refractivity contribution in [2.75, 3.05) is 6.54 Å². The van der Waals surface area contributed by atoms with Gasteiger partial charge < -0.3 is 16.0 Å². The molecule has 0 aliphatic rings. The van der Waals surface area contributed by atoms with Gasteiger partial charge in [-0.05, 0) is 18.5 Å². The van der Waals surface area contributed by atoms with Crippen LogP contribution in [0.3, 0.4) is 0 Å². The van der Waals surface area contributed by atoms with Crippen molar-refractivity contribution in [3.63, 3.8) is 0 Å². The van der Waals surface area contributed by atoms with Crippen LogP contribution in [0.25, 0.3) is 0 Å². The summed E-state index contributed by atoms with van der Waals surface area (Å²) in [6.45, 7) is 1.51. The number of aromatic amines is 1. The molecule has 0 spiro atoms. The number of rotatable bonds is 6. The summed E-state index contributed by atoms with van der Waals surface area (Å²) in [5.41, 5.74) is 8.17. The number of nitrogens with one attached hydrogen (secondary N) is 2. The fourth-order valence-corrected chi connectivity index (χ4v) is 2.33. The van der Waals surface area contributed by atoms with Crippen molar-refractivity contribution in [3.05, 3.63) is 56.6 Å². The molecule has 2 rings (SSSR count). The van der Waals surface area contributed by atoms with Gasteiger partial charge in [-0.15, -0.1) is 0 Å². The summed E-state index contributed by atoms with van der Waals surface area (Å²) < 4.78 is 0. The highest BCUT2D eigenvalue weighted by molar-refractivity contribution is 7.07. The van der Waals surface area contributed by atoms with Gasteiger partial charge in [0, 0.05) is 23.7 Å². The third-order valence-electron chi connectivity index (χ3n) is 2.75. The first-order chi connectivity index (χ1) is 8.75. The molecule has 0 saturated carbocycles. The van der Waals surface area contributed by atoms with Crippen LogP contribution in [0, 0.1) is 0 Å². The summed E-state index contributed by atoms with van der Waals surface area (Å²) >= 11 is 1.19. The van der Waals surface area contributed by atoms with Crippen LogP contribution in [0.4, 0.5) is 0 Å². The lowest BCUT2D eigenvalue weighted by Crippen LogP contribution is -2.21. The minimum absolute atomic E-state index is 0.00668. The molecule has 0 aliphatic carbocycles. The predicted octanol–water partition coefficient (Wildman–Crippen LogP) is 1.62. The third kappa shape index (κ3) is 3.80. The van der Waals surface area contributed by atoms with Crippen LogP contribution in [0.15, 0.2) is 40.5 Å². The molecule has 2 aromatic rings. The molecule has 0 radical (unpaired) electrons. The lowest BCUT2D eigenvalue weighted by molar-refractivity contribution is 0.576. The zero-order valence-corrected chi connectivity index (χ0v) is 10.9. The Morgan fingerprint density at radius 3 is 2.78 bits per heavy atom. The number of H-pyrrole nitrogens is 1. The van der Waals surface area contributed by atoms with Crippen LogP contribution in [0.1, 0.15) is 23.7 Å². The van der Waals surface area contributed by atoms with Gasteiger partial charge in [0.25, 0.3) is 0 Å². The highest BCUT2D eigenvalue weighted by atomic mass is 32.1. The smallest absolute Gasteiger partial charge is 0.304 e. The van der Waals surface area contributed by atoms with Crippen molar-refractivity contribution >= 4 is 11.3 Å². The molecule has 5 heteroatoms. The van der Waals surface area contributed by atoms with E-state index in [4.69, 9.17) is 5.73 Å². The summed E-state index contributed by atoms with van der Waals surface area (Å²) in [6.07, 6.45) is 0.873. The third-order valence-corrected chi connectivity index (χ3v) is 3.46. The van der Waals surface area contributed by atoms with Gasteiger partial charge in [0.15, 0.2) is 0 Å². The second kappa shape index (κ2) is 6.49. The van der Waals surface area contributed by atoms with E-state index in [1.807, 2.05) is 35.7 Å². The molecule has 0 amide bonds. The summed E-state index contributed by atoms with van der Waals surface area (Å²) in [6, 6.07) is 10.1. The Balaban J connectivity index is 1.71. The fraction of sp³-hybridized carbons (Fsp3) is 0.308. The Bertz CT molecular complexity index is 520. The molecule has 0 saturated heterocycles. The van der Waals surface area contributed by atoms with E-state index in [0.29, 0.717) is 6.54 Å². The standard InChI is InChI=1S/C13H17N3OS/c14-12(10-4-2-1-3-5-10)6-7-15-8-11-9-18-13(17)16-11/h1-5,9,12,15H,6-8,14H2,(H,16,17). The molecule has 1 aromatic carbocycles. The van der Waals surface area contributed by atoms with Crippen molar-refractivity contribution in [3.8, 4) is 0 Å². The molecule has 4 N–H and O–H groups in total. The number of hydrogen-bond acceptors (Lipinski definition) is 4. The fourth-order valence-electron chi connectivity index (χ4n) is 1.75. The first-order valence-corrected chi connectivity index (χ1v) is 6.81. The molecule has 1 aromatic heterocycles. The van der Waals surface area contributed by atoms with Gasteiger partial charge in [-0.25, -0.2) is 0 Å². The van der Waals surface area contributed by atoms with Gasteiger partial charge in [0.1, 0.15) is 0 Å². The molecule has 96 valence electrons. The SMILES string of the molecule is NC(CCNCc1csc(=O)[nH]1)c1ccccc1. The van der Waals surface area contributed by atoms with Crippen molar-refractivity contribution in [2.24, 2.45) is 5.73 Å². The van der Waals surface area contributed by atoms with Gasteiger partial charge in [0.2, 0.25) is 0 Å². The average Bonchev–Trinajstić information content (AvgIpc) is 2.81. The molecule has 4 nitrogen and oxygen atoms in total. The molecule has 0 bridgehead atoms. The van der Waals surface area contributed by atoms with Gasteiger partial charge in [0.05, 0.1) is 0 Å². The number of nitrogens with two attached hydrogens (primary N) is 1. The van der Waals surface area contributed by atoms with E-state index in [1.165, 1.54) is 11.3 Å². The number of thiazole rings is 1. The van der Waals surface area contributed by atoms with E-state index in [1.54, 1.807) is 0 Å². The quantitative estimate of drug-likeness (QED) is 0.693. The molecule has 0 aliphatic heterocycles. The van der Waals surface area contributed by atoms with Crippen molar-refractivity contribution < 1.29 is 0 Å². The second-order valence-corrected chi connectivity index (χ2v) is 5.00. The highest BCUT2D eigenvalue weighted by Crippen LogP contribution is 2.12. The maximum atomic E-state index is 10.9. The van der Waals surface area contributed by atoms with Crippen LogP contribution >= 0.6 is 11.3 Å². The van der Waals surface area contributed by atoms with E-state index in [9.17, 15) is 4.79 Å². The molecule has 1 heterocycles. The Kier molecular flexibility index (Phi) is 4.69. The van der Waals surface area contributed by atoms with Crippen LogP contribution in [0.2, 0.25) is 0 Å². The number of aromatic nitrogens is 1. The van der Waals surface area contributed by atoms with Gasteiger partial charge in [-0.3, -0.25) is 4.79 Å². The van der Waals surface area contributed by atoms with E-state index in [-0.39, 0.29) is 10.9 Å². The maximum absolute atomic E-state index is 10.9. The molecule has 18 heavy (non-hydrogen) atoms. The minimum atomic E-state index is -0.00668. The van der Waals surface area contributed by atoms with Crippen molar-refractivity contribution in [2.45, 2.75) is 19.0 Å². The van der Waals surface area contributed by atoms with Gasteiger partial charge >= 0.3 is 4.87 Å². The maximum Gasteiger partial charge on any atom is 0.304 e. The Labute approximate surface area is 110 Å². The Morgan fingerprint density at radius 2 is 2.11 bits per heavy atom. The molecular formula is C13H17N3OS. The van der Waals surface area contributed by atoms with Gasteiger partial charge in [-0.2, -0.15) is 0 Å². The van der Waals surface area contributed by atoms with E-state index in [0.717, 1.165) is 24.2 Å². The highest BCUT2D eigenvalue weighted by Gasteiger charge is 2.04. The number of hydrogen-bond donors (Lipinski definition) is 3. The lowest BCUT2D eigenvalue weighted by atomic mass is 10.1. The van der Waals surface area contributed by atoms with Crippen LogP contribution < -0.4 is 15.9 Å². The summed E-state index contributed by atoms with van der Waals surface area (Å²) in [4.78, 5) is 13.7. The van der Waals surface area contributed by atoms with Crippen molar-refractivity contribution in [1.29, 1.82) is 0 Å². The first kappa shape index (κ1) is 13.0. The monoisotopic (exact) mass is 263 g/mol. The Hall–Kier alpha value is -1.43. The molecule has 0 fully saturated rings. The second-order valence-electron chi connectivity index (χ2n) is 4.16. The van der Waals surface area contributed by atoms with Crippen LogP contribution in [-0.4, -0.2) is 11.5 Å². The Morgan fingerprint density at radius 1 is 1.33 bits per heavy atom. The van der Waals surface area contributed by atoms with Gasteiger partial charge in [-0.1, -0.05) is 41.7 Å². The largest absolute Gasteiger partial charge is 0.324 e. The van der Waals surface area contributed by atoms with E-state index in [2.05, 4.69) is 10.3 Å². The van der Waals surface area contributed by atoms with E-state index < -0.39 is 0 Å². The van der Waals surface area contributed by atoms with Crippen LogP contribution in [0.5, 0.6) is 0 Å². The summed E-state index contributed by atoms with van der Waals surface area (Å²) in [5, 5.41) is 5.11. The lowest BCUT2D eigenvalue weighted by Gasteiger charge is -2.12. The first-order valence-electron chi connectivity index (χ1n) is 5.93. The van der Waals surface area contributed by atoms with Crippen molar-refractivity contribution in [1.82, 2.24) is 10.3 Å². The van der Waals surface area contributed by atoms with Crippen LogP contribution in [-0.2, 0) is 6.54 Å². The average molecular weight is 263 g/mol. The number of benzene rings is 1. The zero-order chi connectivity index (χ0) is 12.8. The molecular weight excluding hydrogens is 246 g/mol. The molecule has 1 unspecified atom stereocenters. The molecule has 1 atom stereocenters. The minimum Gasteiger partial charge on any atom is -0.324 e. The topological polar surface area (TPSA) is 70.9 Å². The normalized spacial score (nSPS) is 12.5.